The van der Waals surface area contributed by atoms with Gasteiger partial charge in [-0.15, -0.1) is 11.3 Å². The van der Waals surface area contributed by atoms with Gasteiger partial charge in [0.05, 0.1) is 4.92 Å². The monoisotopic (exact) mass is 219 g/mol. The highest BCUT2D eigenvalue weighted by Crippen LogP contribution is 2.32. The van der Waals surface area contributed by atoms with E-state index in [2.05, 4.69) is 0 Å². The van der Waals surface area contributed by atoms with E-state index in [1.54, 1.807) is 24.3 Å². The molecule has 2 aromatic rings. The van der Waals surface area contributed by atoms with Gasteiger partial charge < -0.3 is 0 Å². The Kier molecular flexibility index (Phi) is 2.51. The van der Waals surface area contributed by atoms with Crippen LogP contribution in [0, 0.1) is 17.0 Å². The first-order chi connectivity index (χ1) is 7.20. The Bertz CT molecular complexity index is 491. The number of thiophene rings is 1. The normalized spacial score (nSPS) is 10.2. The summed E-state index contributed by atoms with van der Waals surface area (Å²) in [7, 11) is 0. The molecule has 0 radical (unpaired) electrons. The van der Waals surface area contributed by atoms with E-state index in [0.29, 0.717) is 0 Å². The predicted molar refractivity (Wildman–Crippen MR) is 61.1 cm³/mol. The Morgan fingerprint density at radius 2 is 2.07 bits per heavy atom. The molecule has 0 aliphatic carbocycles. The van der Waals surface area contributed by atoms with E-state index >= 15 is 0 Å². The molecule has 4 heteroatoms. The summed E-state index contributed by atoms with van der Waals surface area (Å²) in [6, 6.07) is 9.08. The van der Waals surface area contributed by atoms with E-state index in [0.717, 1.165) is 16.0 Å². The fourth-order valence-electron chi connectivity index (χ4n) is 1.52. The summed E-state index contributed by atoms with van der Waals surface area (Å²) in [4.78, 5) is 11.5. The first-order valence-electron chi connectivity index (χ1n) is 4.48. The average Bonchev–Trinajstić information content (AvgIpc) is 2.70. The lowest BCUT2D eigenvalue weighted by molar-refractivity contribution is -0.385. The van der Waals surface area contributed by atoms with Gasteiger partial charge in [-0.3, -0.25) is 10.1 Å². The highest BCUT2D eigenvalue weighted by molar-refractivity contribution is 7.13. The maximum atomic E-state index is 10.8. The van der Waals surface area contributed by atoms with Gasteiger partial charge in [-0.1, -0.05) is 18.2 Å². The second kappa shape index (κ2) is 3.82. The van der Waals surface area contributed by atoms with Crippen LogP contribution in [-0.4, -0.2) is 4.92 Å². The lowest BCUT2D eigenvalue weighted by Crippen LogP contribution is -1.92. The average molecular weight is 219 g/mol. The number of rotatable bonds is 2. The lowest BCUT2D eigenvalue weighted by Gasteiger charge is -2.03. The molecule has 0 atom stereocenters. The summed E-state index contributed by atoms with van der Waals surface area (Å²) >= 11 is 1.59. The molecule has 0 amide bonds. The Hall–Kier alpha value is -1.68. The quantitative estimate of drug-likeness (QED) is 0.571. The topological polar surface area (TPSA) is 43.1 Å². The van der Waals surface area contributed by atoms with E-state index < -0.39 is 0 Å². The third-order valence-corrected chi connectivity index (χ3v) is 3.19. The van der Waals surface area contributed by atoms with Crippen LogP contribution in [0.15, 0.2) is 35.7 Å². The van der Waals surface area contributed by atoms with E-state index in [-0.39, 0.29) is 10.6 Å². The second-order valence-corrected chi connectivity index (χ2v) is 4.13. The van der Waals surface area contributed by atoms with Crippen molar-refractivity contribution < 1.29 is 4.92 Å². The van der Waals surface area contributed by atoms with Crippen molar-refractivity contribution in [1.29, 1.82) is 0 Å². The summed E-state index contributed by atoms with van der Waals surface area (Å²) in [6.07, 6.45) is 0. The van der Waals surface area contributed by atoms with Crippen molar-refractivity contribution in [3.63, 3.8) is 0 Å². The Morgan fingerprint density at radius 3 is 2.67 bits per heavy atom. The van der Waals surface area contributed by atoms with Crippen LogP contribution in [0.4, 0.5) is 5.69 Å². The molecule has 0 aliphatic rings. The molecular weight excluding hydrogens is 210 g/mol. The fourth-order valence-corrected chi connectivity index (χ4v) is 2.33. The highest BCUT2D eigenvalue weighted by Gasteiger charge is 2.14. The predicted octanol–water partition coefficient (Wildman–Crippen LogP) is 3.63. The molecule has 3 nitrogen and oxygen atoms in total. The van der Waals surface area contributed by atoms with Crippen LogP contribution in [0.2, 0.25) is 0 Å². The van der Waals surface area contributed by atoms with Gasteiger partial charge >= 0.3 is 0 Å². The van der Waals surface area contributed by atoms with E-state index in [4.69, 9.17) is 0 Å². The van der Waals surface area contributed by atoms with E-state index in [1.807, 2.05) is 23.6 Å². The van der Waals surface area contributed by atoms with Gasteiger partial charge in [0.15, 0.2) is 0 Å². The van der Waals surface area contributed by atoms with Crippen molar-refractivity contribution in [2.75, 3.05) is 0 Å². The zero-order valence-electron chi connectivity index (χ0n) is 8.14. The zero-order valence-corrected chi connectivity index (χ0v) is 8.95. The molecule has 0 saturated carbocycles. The molecule has 1 heterocycles. The molecular formula is C11H9NO2S. The minimum Gasteiger partial charge on any atom is -0.258 e. The van der Waals surface area contributed by atoms with Crippen molar-refractivity contribution in [2.45, 2.75) is 6.92 Å². The van der Waals surface area contributed by atoms with Crippen molar-refractivity contribution in [2.24, 2.45) is 0 Å². The molecule has 0 N–H and O–H groups in total. The van der Waals surface area contributed by atoms with Crippen LogP contribution in [0.25, 0.3) is 10.4 Å². The van der Waals surface area contributed by atoms with Crippen molar-refractivity contribution in [3.8, 4) is 10.4 Å². The molecule has 0 spiro atoms. The molecule has 0 unspecified atom stereocenters. The minimum absolute atomic E-state index is 0.181. The van der Waals surface area contributed by atoms with Crippen molar-refractivity contribution in [3.05, 3.63) is 51.4 Å². The first kappa shape index (κ1) is 9.86. The Morgan fingerprint density at radius 1 is 1.27 bits per heavy atom. The van der Waals surface area contributed by atoms with Gasteiger partial charge in [0, 0.05) is 22.1 Å². The van der Waals surface area contributed by atoms with Crippen molar-refractivity contribution in [1.82, 2.24) is 0 Å². The molecule has 76 valence electrons. The number of nitro groups is 1. The summed E-state index contributed by atoms with van der Waals surface area (Å²) in [5.74, 6) is 0. The zero-order chi connectivity index (χ0) is 10.8. The highest BCUT2D eigenvalue weighted by atomic mass is 32.1. The maximum absolute atomic E-state index is 10.8. The molecule has 1 aromatic heterocycles. The number of hydrogen-bond donors (Lipinski definition) is 0. The van der Waals surface area contributed by atoms with E-state index in [9.17, 15) is 10.1 Å². The summed E-state index contributed by atoms with van der Waals surface area (Å²) in [5.41, 5.74) is 1.85. The van der Waals surface area contributed by atoms with Crippen LogP contribution in [0.3, 0.4) is 0 Å². The molecule has 0 fully saturated rings. The van der Waals surface area contributed by atoms with Gasteiger partial charge in [-0.2, -0.15) is 0 Å². The lowest BCUT2D eigenvalue weighted by atomic mass is 10.1. The molecule has 2 rings (SSSR count). The van der Waals surface area contributed by atoms with Crippen LogP contribution >= 0.6 is 11.3 Å². The fraction of sp³-hybridized carbons (Fsp3) is 0.0909. The number of nitro benzene ring substituents is 1. The molecule has 15 heavy (non-hydrogen) atoms. The number of hydrogen-bond acceptors (Lipinski definition) is 3. The van der Waals surface area contributed by atoms with Gasteiger partial charge in [0.2, 0.25) is 0 Å². The van der Waals surface area contributed by atoms with Crippen LogP contribution in [-0.2, 0) is 0 Å². The SMILES string of the molecule is Cc1c(-c2cccs2)cccc1[N+](=O)[O-]. The van der Waals surface area contributed by atoms with Crippen LogP contribution in [0.5, 0.6) is 0 Å². The second-order valence-electron chi connectivity index (χ2n) is 3.18. The summed E-state index contributed by atoms with van der Waals surface area (Å²) < 4.78 is 0. The third kappa shape index (κ3) is 1.76. The van der Waals surface area contributed by atoms with Crippen molar-refractivity contribution >= 4 is 17.0 Å². The molecule has 0 bridgehead atoms. The minimum atomic E-state index is -0.341. The standard InChI is InChI=1S/C11H9NO2S/c1-8-9(11-6-3-7-15-11)4-2-5-10(8)12(13)14/h2-7H,1H3. The third-order valence-electron chi connectivity index (χ3n) is 2.29. The van der Waals surface area contributed by atoms with Gasteiger partial charge in [0.25, 0.3) is 5.69 Å². The Balaban J connectivity index is 2.59. The maximum Gasteiger partial charge on any atom is 0.272 e. The summed E-state index contributed by atoms with van der Waals surface area (Å²) in [6.45, 7) is 1.78. The first-order valence-corrected chi connectivity index (χ1v) is 5.36. The number of nitrogens with zero attached hydrogens (tertiary/aromatic N) is 1. The largest absolute Gasteiger partial charge is 0.272 e. The molecule has 1 aromatic carbocycles. The van der Waals surface area contributed by atoms with E-state index in [1.165, 1.54) is 6.07 Å². The van der Waals surface area contributed by atoms with Gasteiger partial charge in [0.1, 0.15) is 0 Å². The van der Waals surface area contributed by atoms with Crippen LogP contribution < -0.4 is 0 Å². The Labute approximate surface area is 91.1 Å². The van der Waals surface area contributed by atoms with Gasteiger partial charge in [-0.05, 0) is 18.4 Å². The van der Waals surface area contributed by atoms with Gasteiger partial charge in [-0.25, -0.2) is 0 Å². The summed E-state index contributed by atoms with van der Waals surface area (Å²) in [5, 5.41) is 12.7. The molecule has 0 aliphatic heterocycles. The number of benzene rings is 1. The smallest absolute Gasteiger partial charge is 0.258 e. The molecule has 0 saturated heterocycles. The van der Waals surface area contributed by atoms with Crippen LogP contribution in [0.1, 0.15) is 5.56 Å².